The molecule has 0 aromatic heterocycles. The summed E-state index contributed by atoms with van der Waals surface area (Å²) >= 11 is 3.31. The molecule has 2 rings (SSSR count). The van der Waals surface area contributed by atoms with E-state index >= 15 is 0 Å². The number of hydrogen-bond donors (Lipinski definition) is 1. The first-order valence-corrected chi connectivity index (χ1v) is 6.83. The zero-order valence-electron chi connectivity index (χ0n) is 10.8. The van der Waals surface area contributed by atoms with Crippen molar-refractivity contribution in [2.45, 2.75) is 0 Å². The Bertz CT molecular complexity index is 679. The van der Waals surface area contributed by atoms with Gasteiger partial charge in [0.25, 0.3) is 5.69 Å². The smallest absolute Gasteiger partial charge is 0.269 e. The quantitative estimate of drug-likeness (QED) is 0.516. The Labute approximate surface area is 129 Å². The number of nitrogens with one attached hydrogen (secondary N) is 1. The molecule has 1 amide bonds. The molecule has 0 heterocycles. The Balaban J connectivity index is 1.98. The molecule has 0 saturated heterocycles. The second-order valence-corrected chi connectivity index (χ2v) is 5.09. The average Bonchev–Trinajstić information content (AvgIpc) is 2.48. The molecule has 0 aliphatic carbocycles. The molecule has 0 atom stereocenters. The highest BCUT2D eigenvalue weighted by Gasteiger charge is 2.03. The van der Waals surface area contributed by atoms with Crippen LogP contribution < -0.4 is 5.32 Å². The standard InChI is InChI=1S/C15H11BrN2O3/c16-12-4-6-13(7-5-12)17-15(19)10-3-11-1-8-14(9-2-11)18(20)21/h1-10H,(H,17,19)/b10-3-. The van der Waals surface area contributed by atoms with Crippen LogP contribution >= 0.6 is 15.9 Å². The van der Waals surface area contributed by atoms with Crippen molar-refractivity contribution < 1.29 is 9.72 Å². The van der Waals surface area contributed by atoms with Crippen molar-refractivity contribution in [3.63, 3.8) is 0 Å². The van der Waals surface area contributed by atoms with Crippen LogP contribution in [0.4, 0.5) is 11.4 Å². The summed E-state index contributed by atoms with van der Waals surface area (Å²) in [7, 11) is 0. The summed E-state index contributed by atoms with van der Waals surface area (Å²) in [4.78, 5) is 21.8. The maximum Gasteiger partial charge on any atom is 0.269 e. The topological polar surface area (TPSA) is 72.2 Å². The number of rotatable bonds is 4. The lowest BCUT2D eigenvalue weighted by Crippen LogP contribution is -2.07. The van der Waals surface area contributed by atoms with Gasteiger partial charge in [0.15, 0.2) is 0 Å². The number of nitro benzene ring substituents is 1. The number of carbonyl (C=O) groups is 1. The molecule has 0 radical (unpaired) electrons. The third kappa shape index (κ3) is 4.54. The average molecular weight is 347 g/mol. The fourth-order valence-electron chi connectivity index (χ4n) is 1.60. The highest BCUT2D eigenvalue weighted by Crippen LogP contribution is 2.15. The molecule has 0 bridgehead atoms. The SMILES string of the molecule is O=C(/C=C\c1ccc([N+](=O)[O-])cc1)Nc1ccc(Br)cc1. The lowest BCUT2D eigenvalue weighted by molar-refractivity contribution is -0.384. The first-order chi connectivity index (χ1) is 10.0. The summed E-state index contributed by atoms with van der Waals surface area (Å²) in [5.74, 6) is -0.268. The lowest BCUT2D eigenvalue weighted by Gasteiger charge is -2.01. The molecule has 0 aliphatic heterocycles. The molecule has 2 aromatic rings. The Morgan fingerprint density at radius 3 is 2.29 bits per heavy atom. The van der Waals surface area contributed by atoms with Gasteiger partial charge < -0.3 is 5.32 Å². The van der Waals surface area contributed by atoms with Gasteiger partial charge in [0.1, 0.15) is 0 Å². The van der Waals surface area contributed by atoms with E-state index in [-0.39, 0.29) is 11.6 Å². The minimum atomic E-state index is -0.465. The summed E-state index contributed by atoms with van der Waals surface area (Å²) in [6, 6.07) is 13.2. The van der Waals surface area contributed by atoms with Gasteiger partial charge in [0, 0.05) is 28.4 Å². The van der Waals surface area contributed by atoms with E-state index < -0.39 is 4.92 Å². The van der Waals surface area contributed by atoms with Gasteiger partial charge in [-0.1, -0.05) is 15.9 Å². The third-order valence-corrected chi connectivity index (χ3v) is 3.17. The second-order valence-electron chi connectivity index (χ2n) is 4.18. The largest absolute Gasteiger partial charge is 0.323 e. The Kier molecular flexibility index (Phi) is 4.84. The van der Waals surface area contributed by atoms with Gasteiger partial charge >= 0.3 is 0 Å². The maximum atomic E-state index is 11.7. The predicted molar refractivity (Wildman–Crippen MR) is 84.9 cm³/mol. The van der Waals surface area contributed by atoms with E-state index in [4.69, 9.17) is 0 Å². The molecule has 2 aromatic carbocycles. The van der Waals surface area contributed by atoms with Crippen LogP contribution in [0.2, 0.25) is 0 Å². The highest BCUT2D eigenvalue weighted by molar-refractivity contribution is 9.10. The lowest BCUT2D eigenvalue weighted by atomic mass is 10.2. The number of benzene rings is 2. The van der Waals surface area contributed by atoms with Crippen molar-refractivity contribution in [2.75, 3.05) is 5.32 Å². The number of halogens is 1. The van der Waals surface area contributed by atoms with E-state index in [0.717, 1.165) is 4.47 Å². The van der Waals surface area contributed by atoms with Gasteiger partial charge in [-0.05, 0) is 48.0 Å². The molecular weight excluding hydrogens is 336 g/mol. The van der Waals surface area contributed by atoms with Crippen molar-refractivity contribution in [1.82, 2.24) is 0 Å². The van der Waals surface area contributed by atoms with E-state index in [0.29, 0.717) is 11.3 Å². The monoisotopic (exact) mass is 346 g/mol. The van der Waals surface area contributed by atoms with E-state index in [1.165, 1.54) is 18.2 Å². The summed E-state index contributed by atoms with van der Waals surface area (Å²) in [6.07, 6.45) is 2.97. The van der Waals surface area contributed by atoms with E-state index in [1.54, 1.807) is 30.3 Å². The van der Waals surface area contributed by atoms with Crippen LogP contribution in [0.15, 0.2) is 59.1 Å². The van der Waals surface area contributed by atoms with Gasteiger partial charge in [-0.25, -0.2) is 0 Å². The van der Waals surface area contributed by atoms with Crippen LogP contribution in [-0.2, 0) is 4.79 Å². The molecule has 0 spiro atoms. The number of amides is 1. The van der Waals surface area contributed by atoms with Crippen LogP contribution in [-0.4, -0.2) is 10.8 Å². The Morgan fingerprint density at radius 2 is 1.71 bits per heavy atom. The first-order valence-electron chi connectivity index (χ1n) is 6.04. The molecule has 0 fully saturated rings. The van der Waals surface area contributed by atoms with Crippen LogP contribution in [0, 0.1) is 10.1 Å². The number of non-ortho nitro benzene ring substituents is 1. The van der Waals surface area contributed by atoms with Crippen molar-refractivity contribution in [3.05, 3.63) is 74.8 Å². The van der Waals surface area contributed by atoms with Crippen molar-refractivity contribution >= 4 is 39.3 Å². The Hall–Kier alpha value is -2.47. The van der Waals surface area contributed by atoms with Crippen molar-refractivity contribution in [2.24, 2.45) is 0 Å². The van der Waals surface area contributed by atoms with Crippen LogP contribution in [0.1, 0.15) is 5.56 Å². The number of hydrogen-bond acceptors (Lipinski definition) is 3. The van der Waals surface area contributed by atoms with Crippen LogP contribution in [0.5, 0.6) is 0 Å². The van der Waals surface area contributed by atoms with Crippen LogP contribution in [0.25, 0.3) is 6.08 Å². The molecule has 0 saturated carbocycles. The molecule has 1 N–H and O–H groups in total. The molecule has 21 heavy (non-hydrogen) atoms. The van der Waals surface area contributed by atoms with Gasteiger partial charge in [-0.2, -0.15) is 0 Å². The Morgan fingerprint density at radius 1 is 1.10 bits per heavy atom. The highest BCUT2D eigenvalue weighted by atomic mass is 79.9. The third-order valence-electron chi connectivity index (χ3n) is 2.64. The van der Waals surface area contributed by atoms with Gasteiger partial charge in [0.2, 0.25) is 5.91 Å². The summed E-state index contributed by atoms with van der Waals surface area (Å²) in [6.45, 7) is 0. The van der Waals surface area contributed by atoms with Gasteiger partial charge in [-0.3, -0.25) is 14.9 Å². The first kappa shape index (κ1) is 14.9. The minimum Gasteiger partial charge on any atom is -0.323 e. The molecule has 0 unspecified atom stereocenters. The fraction of sp³-hybridized carbons (Fsp3) is 0. The van der Waals surface area contributed by atoms with E-state index in [9.17, 15) is 14.9 Å². The van der Waals surface area contributed by atoms with Gasteiger partial charge in [0.05, 0.1) is 4.92 Å². The molecule has 6 heteroatoms. The zero-order valence-corrected chi connectivity index (χ0v) is 12.4. The normalized spacial score (nSPS) is 10.5. The minimum absolute atomic E-state index is 0.0199. The van der Waals surface area contributed by atoms with Gasteiger partial charge in [-0.15, -0.1) is 0 Å². The predicted octanol–water partition coefficient (Wildman–Crippen LogP) is 4.01. The second kappa shape index (κ2) is 6.81. The summed E-state index contributed by atoms with van der Waals surface area (Å²) in [5, 5.41) is 13.2. The van der Waals surface area contributed by atoms with Crippen LogP contribution in [0.3, 0.4) is 0 Å². The molecule has 0 aliphatic rings. The number of nitro groups is 1. The number of anilines is 1. The summed E-state index contributed by atoms with van der Waals surface area (Å²) in [5.41, 5.74) is 1.43. The van der Waals surface area contributed by atoms with Crippen molar-refractivity contribution in [3.8, 4) is 0 Å². The molecule has 106 valence electrons. The van der Waals surface area contributed by atoms with Crippen molar-refractivity contribution in [1.29, 1.82) is 0 Å². The maximum absolute atomic E-state index is 11.7. The summed E-state index contributed by atoms with van der Waals surface area (Å²) < 4.78 is 0.932. The number of carbonyl (C=O) groups excluding carboxylic acids is 1. The molecule has 5 nitrogen and oxygen atoms in total. The number of nitrogens with zero attached hydrogens (tertiary/aromatic N) is 1. The van der Waals surface area contributed by atoms with E-state index in [2.05, 4.69) is 21.2 Å². The van der Waals surface area contributed by atoms with E-state index in [1.807, 2.05) is 12.1 Å². The fourth-order valence-corrected chi connectivity index (χ4v) is 1.86. The zero-order chi connectivity index (χ0) is 15.2. The molecular formula is C15H11BrN2O3.